The Balaban J connectivity index is 1.59. The van der Waals surface area contributed by atoms with E-state index in [1.54, 1.807) is 0 Å². The van der Waals surface area contributed by atoms with E-state index < -0.39 is 0 Å². The van der Waals surface area contributed by atoms with E-state index in [9.17, 15) is 4.79 Å². The Bertz CT molecular complexity index is 588. The molecule has 1 fully saturated rings. The van der Waals surface area contributed by atoms with Crippen molar-refractivity contribution in [2.45, 2.75) is 32.1 Å². The molecule has 110 valence electrons. The summed E-state index contributed by atoms with van der Waals surface area (Å²) in [6.45, 7) is 0.789. The second-order valence-electron chi connectivity index (χ2n) is 5.62. The second kappa shape index (κ2) is 6.85. The van der Waals surface area contributed by atoms with Crippen molar-refractivity contribution in [2.24, 2.45) is 5.92 Å². The van der Waals surface area contributed by atoms with E-state index in [-0.39, 0.29) is 5.91 Å². The Morgan fingerprint density at radius 3 is 2.71 bits per heavy atom. The maximum Gasteiger partial charge on any atom is 0.270 e. The molecule has 0 unspecified atom stereocenters. The fraction of sp³-hybridized carbons (Fsp3) is 0.412. The molecule has 1 amide bonds. The van der Waals surface area contributed by atoms with E-state index >= 15 is 0 Å². The fourth-order valence-electron chi connectivity index (χ4n) is 2.81. The van der Waals surface area contributed by atoms with Crippen molar-refractivity contribution in [2.75, 3.05) is 6.54 Å². The Hall–Kier alpha value is -1.68. The molecule has 1 heterocycles. The van der Waals surface area contributed by atoms with Gasteiger partial charge in [-0.25, -0.2) is 4.98 Å². The number of rotatable bonds is 4. The smallest absolute Gasteiger partial charge is 0.270 e. The van der Waals surface area contributed by atoms with Gasteiger partial charge in [0.2, 0.25) is 0 Å². The van der Waals surface area contributed by atoms with Crippen LogP contribution >= 0.6 is 11.3 Å². The molecule has 0 saturated heterocycles. The minimum atomic E-state index is -0.0426. The van der Waals surface area contributed by atoms with Gasteiger partial charge in [-0.3, -0.25) is 4.79 Å². The molecule has 1 saturated carbocycles. The highest BCUT2D eigenvalue weighted by atomic mass is 32.1. The summed E-state index contributed by atoms with van der Waals surface area (Å²) in [6.07, 6.45) is 6.43. The molecule has 1 aromatic carbocycles. The van der Waals surface area contributed by atoms with Gasteiger partial charge in [0, 0.05) is 17.5 Å². The van der Waals surface area contributed by atoms with Gasteiger partial charge in [-0.15, -0.1) is 11.3 Å². The summed E-state index contributed by atoms with van der Waals surface area (Å²) in [5, 5.41) is 5.79. The zero-order chi connectivity index (χ0) is 14.5. The maximum absolute atomic E-state index is 12.2. The van der Waals surface area contributed by atoms with Gasteiger partial charge in [0.15, 0.2) is 0 Å². The molecule has 1 aromatic heterocycles. The number of carbonyl (C=O) groups is 1. The van der Waals surface area contributed by atoms with E-state index in [0.717, 1.165) is 17.1 Å². The predicted molar refractivity (Wildman–Crippen MR) is 86.5 cm³/mol. The molecule has 21 heavy (non-hydrogen) atoms. The number of hydrogen-bond donors (Lipinski definition) is 1. The third-order valence-electron chi connectivity index (χ3n) is 4.03. The molecule has 0 radical (unpaired) electrons. The van der Waals surface area contributed by atoms with E-state index in [1.807, 2.05) is 35.7 Å². The van der Waals surface area contributed by atoms with Crippen LogP contribution in [-0.4, -0.2) is 17.4 Å². The van der Waals surface area contributed by atoms with Gasteiger partial charge in [-0.1, -0.05) is 49.6 Å². The topological polar surface area (TPSA) is 42.0 Å². The van der Waals surface area contributed by atoms with Gasteiger partial charge < -0.3 is 5.32 Å². The van der Waals surface area contributed by atoms with Crippen LogP contribution in [0.4, 0.5) is 0 Å². The minimum absolute atomic E-state index is 0.0426. The first-order valence-electron chi connectivity index (χ1n) is 7.62. The van der Waals surface area contributed by atoms with Crippen LogP contribution in [0, 0.1) is 5.92 Å². The van der Waals surface area contributed by atoms with Gasteiger partial charge in [-0.2, -0.15) is 0 Å². The molecular formula is C17H20N2OS. The lowest BCUT2D eigenvalue weighted by molar-refractivity contribution is 0.0939. The van der Waals surface area contributed by atoms with Crippen molar-refractivity contribution in [3.63, 3.8) is 0 Å². The fourth-order valence-corrected chi connectivity index (χ4v) is 3.62. The van der Waals surface area contributed by atoms with Crippen LogP contribution in [0.15, 0.2) is 35.7 Å². The molecule has 2 aromatic rings. The largest absolute Gasteiger partial charge is 0.350 e. The Morgan fingerprint density at radius 2 is 1.95 bits per heavy atom. The van der Waals surface area contributed by atoms with Crippen molar-refractivity contribution in [1.82, 2.24) is 10.3 Å². The molecular weight excluding hydrogens is 280 g/mol. The van der Waals surface area contributed by atoms with Crippen LogP contribution in [0.25, 0.3) is 10.6 Å². The molecule has 4 heteroatoms. The Kier molecular flexibility index (Phi) is 4.65. The lowest BCUT2D eigenvalue weighted by atomic mass is 9.89. The summed E-state index contributed by atoms with van der Waals surface area (Å²) >= 11 is 1.52. The molecule has 1 aliphatic rings. The summed E-state index contributed by atoms with van der Waals surface area (Å²) < 4.78 is 0. The SMILES string of the molecule is O=C(NCC1CCCCC1)c1csc(-c2ccccc2)n1. The van der Waals surface area contributed by atoms with Crippen molar-refractivity contribution in [3.8, 4) is 10.6 Å². The van der Waals surface area contributed by atoms with Gasteiger partial charge in [0.05, 0.1) is 0 Å². The highest BCUT2D eigenvalue weighted by Gasteiger charge is 2.16. The lowest BCUT2D eigenvalue weighted by Gasteiger charge is -2.21. The van der Waals surface area contributed by atoms with Gasteiger partial charge in [0.25, 0.3) is 5.91 Å². The number of nitrogens with zero attached hydrogens (tertiary/aromatic N) is 1. The monoisotopic (exact) mass is 300 g/mol. The van der Waals surface area contributed by atoms with Crippen LogP contribution in [-0.2, 0) is 0 Å². The summed E-state index contributed by atoms with van der Waals surface area (Å²) in [5.74, 6) is 0.605. The van der Waals surface area contributed by atoms with E-state index in [0.29, 0.717) is 11.6 Å². The highest BCUT2D eigenvalue weighted by molar-refractivity contribution is 7.13. The number of amides is 1. The summed E-state index contributed by atoms with van der Waals surface area (Å²) in [7, 11) is 0. The van der Waals surface area contributed by atoms with Crippen molar-refractivity contribution < 1.29 is 4.79 Å². The normalized spacial score (nSPS) is 15.8. The van der Waals surface area contributed by atoms with Gasteiger partial charge in [0.1, 0.15) is 10.7 Å². The van der Waals surface area contributed by atoms with Crippen molar-refractivity contribution in [3.05, 3.63) is 41.4 Å². The molecule has 0 aliphatic heterocycles. The molecule has 3 rings (SSSR count). The summed E-state index contributed by atoms with van der Waals surface area (Å²) in [6, 6.07) is 9.99. The molecule has 3 nitrogen and oxygen atoms in total. The maximum atomic E-state index is 12.2. The number of benzene rings is 1. The van der Waals surface area contributed by atoms with E-state index in [1.165, 1.54) is 43.4 Å². The summed E-state index contributed by atoms with van der Waals surface area (Å²) in [5.41, 5.74) is 1.60. The standard InChI is InChI=1S/C17H20N2OS/c20-16(18-11-13-7-3-1-4-8-13)15-12-21-17(19-15)14-9-5-2-6-10-14/h2,5-6,9-10,12-13H,1,3-4,7-8,11H2,(H,18,20). The van der Waals surface area contributed by atoms with Crippen LogP contribution in [0.2, 0.25) is 0 Å². The number of hydrogen-bond acceptors (Lipinski definition) is 3. The zero-order valence-corrected chi connectivity index (χ0v) is 12.9. The number of nitrogens with one attached hydrogen (secondary N) is 1. The first-order valence-corrected chi connectivity index (χ1v) is 8.50. The first-order chi connectivity index (χ1) is 10.3. The van der Waals surface area contributed by atoms with Gasteiger partial charge in [-0.05, 0) is 18.8 Å². The number of carbonyl (C=O) groups excluding carboxylic acids is 1. The van der Waals surface area contributed by atoms with Crippen LogP contribution in [0.3, 0.4) is 0 Å². The second-order valence-corrected chi connectivity index (χ2v) is 6.48. The molecule has 0 spiro atoms. The van der Waals surface area contributed by atoms with Crippen molar-refractivity contribution >= 4 is 17.2 Å². The van der Waals surface area contributed by atoms with E-state index in [2.05, 4.69) is 10.3 Å². The molecule has 0 atom stereocenters. The van der Waals surface area contributed by atoms with Crippen LogP contribution < -0.4 is 5.32 Å². The minimum Gasteiger partial charge on any atom is -0.350 e. The number of thiazole rings is 1. The highest BCUT2D eigenvalue weighted by Crippen LogP contribution is 2.24. The average Bonchev–Trinajstić information content (AvgIpc) is 3.04. The quantitative estimate of drug-likeness (QED) is 0.923. The third-order valence-corrected chi connectivity index (χ3v) is 4.92. The van der Waals surface area contributed by atoms with E-state index in [4.69, 9.17) is 0 Å². The number of aromatic nitrogens is 1. The first kappa shape index (κ1) is 14.3. The van der Waals surface area contributed by atoms with Gasteiger partial charge >= 0.3 is 0 Å². The van der Waals surface area contributed by atoms with Crippen LogP contribution in [0.1, 0.15) is 42.6 Å². The Labute approximate surface area is 129 Å². The molecule has 1 N–H and O–H groups in total. The zero-order valence-electron chi connectivity index (χ0n) is 12.0. The summed E-state index contributed by atoms with van der Waals surface area (Å²) in [4.78, 5) is 16.6. The predicted octanol–water partition coefficient (Wildman–Crippen LogP) is 4.12. The average molecular weight is 300 g/mol. The van der Waals surface area contributed by atoms with Crippen LogP contribution in [0.5, 0.6) is 0 Å². The van der Waals surface area contributed by atoms with Crippen molar-refractivity contribution in [1.29, 1.82) is 0 Å². The molecule has 1 aliphatic carbocycles. The lowest BCUT2D eigenvalue weighted by Crippen LogP contribution is -2.30. The Morgan fingerprint density at radius 1 is 1.19 bits per heavy atom. The molecule has 0 bridgehead atoms. The third kappa shape index (κ3) is 3.70.